The highest BCUT2D eigenvalue weighted by molar-refractivity contribution is 7.98. The first-order chi connectivity index (χ1) is 9.67. The third-order valence-electron chi connectivity index (χ3n) is 3.83. The number of nitrogens with zero attached hydrogens (tertiary/aromatic N) is 1. The van der Waals surface area contributed by atoms with Gasteiger partial charge in [0.25, 0.3) is 0 Å². The van der Waals surface area contributed by atoms with Crippen LogP contribution in [0.5, 0.6) is 0 Å². The monoisotopic (exact) mass is 310 g/mol. The fourth-order valence-electron chi connectivity index (χ4n) is 2.78. The number of piperidine rings is 1. The van der Waals surface area contributed by atoms with E-state index < -0.39 is 0 Å². The van der Waals surface area contributed by atoms with E-state index in [9.17, 15) is 0 Å². The number of methoxy groups -OCH3 is 1. The third kappa shape index (κ3) is 3.45. The van der Waals surface area contributed by atoms with E-state index in [2.05, 4.69) is 29.4 Å². The molecule has 0 radical (unpaired) electrons. The lowest BCUT2D eigenvalue weighted by Crippen LogP contribution is -2.36. The van der Waals surface area contributed by atoms with E-state index in [1.165, 1.54) is 5.69 Å². The summed E-state index contributed by atoms with van der Waals surface area (Å²) in [6.07, 6.45) is 4.38. The van der Waals surface area contributed by atoms with E-state index >= 15 is 0 Å². The molecule has 1 fully saturated rings. The highest BCUT2D eigenvalue weighted by atomic mass is 32.2. The van der Waals surface area contributed by atoms with Crippen LogP contribution in [0.4, 0.5) is 5.69 Å². The molecule has 3 nitrogen and oxygen atoms in total. The standard InChI is InChI=1S/C15H22N2OS2/c1-18-10-11-6-8-17(9-7-11)12-4-3-5-13(20-2)14(12)15(16)19/h3-5,11H,6-10H2,1-2H3,(H2,16,19). The molecule has 1 aliphatic rings. The Morgan fingerprint density at radius 2 is 2.15 bits per heavy atom. The van der Waals surface area contributed by atoms with Crippen molar-refractivity contribution in [2.24, 2.45) is 11.7 Å². The molecule has 0 unspecified atom stereocenters. The second-order valence-corrected chi connectivity index (χ2v) is 6.39. The SMILES string of the molecule is COCC1CCN(c2cccc(SC)c2C(N)=S)CC1. The van der Waals surface area contributed by atoms with Gasteiger partial charge in [-0.2, -0.15) is 0 Å². The van der Waals surface area contributed by atoms with E-state index in [1.807, 2.05) is 0 Å². The van der Waals surface area contributed by atoms with Crippen LogP contribution in [0.2, 0.25) is 0 Å². The average Bonchev–Trinajstić information content (AvgIpc) is 2.47. The largest absolute Gasteiger partial charge is 0.389 e. The van der Waals surface area contributed by atoms with Crippen LogP contribution in [-0.2, 0) is 4.74 Å². The lowest BCUT2D eigenvalue weighted by atomic mass is 9.96. The Hall–Kier alpha value is -0.780. The second-order valence-electron chi connectivity index (χ2n) is 5.10. The summed E-state index contributed by atoms with van der Waals surface area (Å²) in [7, 11) is 1.78. The minimum absolute atomic E-state index is 0.490. The number of hydrogen-bond donors (Lipinski definition) is 1. The third-order valence-corrected chi connectivity index (χ3v) is 4.81. The maximum atomic E-state index is 5.94. The number of hydrogen-bond acceptors (Lipinski definition) is 4. The van der Waals surface area contributed by atoms with Crippen molar-refractivity contribution < 1.29 is 4.74 Å². The van der Waals surface area contributed by atoms with Gasteiger partial charge in [-0.15, -0.1) is 11.8 Å². The molecule has 0 spiro atoms. The zero-order valence-corrected chi connectivity index (χ0v) is 13.7. The molecule has 0 saturated carbocycles. The maximum absolute atomic E-state index is 5.94. The predicted molar refractivity (Wildman–Crippen MR) is 90.9 cm³/mol. The van der Waals surface area contributed by atoms with Crippen molar-refractivity contribution in [3.05, 3.63) is 23.8 Å². The number of anilines is 1. The Balaban J connectivity index is 2.19. The van der Waals surface area contributed by atoms with Crippen LogP contribution in [-0.4, -0.2) is 38.1 Å². The molecule has 5 heteroatoms. The molecule has 1 aliphatic heterocycles. The number of thiocarbonyl (C=S) groups is 1. The molecule has 0 bridgehead atoms. The minimum atomic E-state index is 0.490. The second kappa shape index (κ2) is 7.29. The van der Waals surface area contributed by atoms with Crippen LogP contribution in [0.15, 0.2) is 23.1 Å². The van der Waals surface area contributed by atoms with E-state index in [0.29, 0.717) is 10.9 Å². The van der Waals surface area contributed by atoms with Crippen LogP contribution in [0.1, 0.15) is 18.4 Å². The highest BCUT2D eigenvalue weighted by Gasteiger charge is 2.22. The normalized spacial score (nSPS) is 16.4. The number of rotatable bonds is 5. The number of nitrogens with two attached hydrogens (primary N) is 1. The maximum Gasteiger partial charge on any atom is 0.107 e. The molecule has 1 heterocycles. The Morgan fingerprint density at radius 3 is 2.70 bits per heavy atom. The Morgan fingerprint density at radius 1 is 1.45 bits per heavy atom. The Kier molecular flexibility index (Phi) is 5.69. The van der Waals surface area contributed by atoms with Crippen molar-refractivity contribution in [3.8, 4) is 0 Å². The van der Waals surface area contributed by atoms with Crippen LogP contribution < -0.4 is 10.6 Å². The lowest BCUT2D eigenvalue weighted by molar-refractivity contribution is 0.139. The molecule has 20 heavy (non-hydrogen) atoms. The smallest absolute Gasteiger partial charge is 0.107 e. The van der Waals surface area contributed by atoms with Gasteiger partial charge in [0.1, 0.15) is 4.99 Å². The van der Waals surface area contributed by atoms with Crippen LogP contribution in [0.3, 0.4) is 0 Å². The van der Waals surface area contributed by atoms with Crippen LogP contribution in [0, 0.1) is 5.92 Å². The molecule has 0 aromatic heterocycles. The topological polar surface area (TPSA) is 38.5 Å². The fourth-order valence-corrected chi connectivity index (χ4v) is 3.69. The summed E-state index contributed by atoms with van der Waals surface area (Å²) in [5.41, 5.74) is 8.15. The van der Waals surface area contributed by atoms with Crippen LogP contribution >= 0.6 is 24.0 Å². The van der Waals surface area contributed by atoms with E-state index in [1.54, 1.807) is 18.9 Å². The van der Waals surface area contributed by atoms with E-state index in [-0.39, 0.29) is 0 Å². The van der Waals surface area contributed by atoms with Crippen molar-refractivity contribution in [2.75, 3.05) is 38.0 Å². The Labute approximate surface area is 130 Å². The van der Waals surface area contributed by atoms with Crippen molar-refractivity contribution in [1.82, 2.24) is 0 Å². The molecular weight excluding hydrogens is 288 g/mol. The van der Waals surface area contributed by atoms with Crippen molar-refractivity contribution in [3.63, 3.8) is 0 Å². The summed E-state index contributed by atoms with van der Waals surface area (Å²) in [5.74, 6) is 0.674. The van der Waals surface area contributed by atoms with Gasteiger partial charge in [-0.3, -0.25) is 0 Å². The first-order valence-electron chi connectivity index (χ1n) is 6.88. The molecule has 2 rings (SSSR count). The summed E-state index contributed by atoms with van der Waals surface area (Å²) < 4.78 is 5.26. The minimum Gasteiger partial charge on any atom is -0.389 e. The summed E-state index contributed by atoms with van der Waals surface area (Å²) >= 11 is 6.95. The van der Waals surface area contributed by atoms with Gasteiger partial charge >= 0.3 is 0 Å². The molecule has 1 saturated heterocycles. The van der Waals surface area contributed by atoms with Gasteiger partial charge < -0.3 is 15.4 Å². The molecule has 0 atom stereocenters. The van der Waals surface area contributed by atoms with Gasteiger partial charge in [0.05, 0.1) is 0 Å². The molecule has 1 aromatic carbocycles. The summed E-state index contributed by atoms with van der Waals surface area (Å²) in [5, 5.41) is 0. The fraction of sp³-hybridized carbons (Fsp3) is 0.533. The van der Waals surface area contributed by atoms with Gasteiger partial charge in [0.15, 0.2) is 0 Å². The zero-order valence-electron chi connectivity index (χ0n) is 12.1. The van der Waals surface area contributed by atoms with E-state index in [4.69, 9.17) is 22.7 Å². The summed E-state index contributed by atoms with van der Waals surface area (Å²) in [6.45, 7) is 2.95. The highest BCUT2D eigenvalue weighted by Crippen LogP contribution is 2.32. The average molecular weight is 310 g/mol. The summed E-state index contributed by atoms with van der Waals surface area (Å²) in [6, 6.07) is 6.30. The van der Waals surface area contributed by atoms with Crippen molar-refractivity contribution in [2.45, 2.75) is 17.7 Å². The molecule has 0 amide bonds. The number of benzene rings is 1. The molecule has 1 aromatic rings. The summed E-state index contributed by atoms with van der Waals surface area (Å²) in [4.78, 5) is 4.05. The zero-order chi connectivity index (χ0) is 14.5. The number of ether oxygens (including phenoxy) is 1. The van der Waals surface area contributed by atoms with Gasteiger partial charge in [-0.25, -0.2) is 0 Å². The number of thioether (sulfide) groups is 1. The van der Waals surface area contributed by atoms with Crippen molar-refractivity contribution >= 4 is 34.7 Å². The van der Waals surface area contributed by atoms with E-state index in [0.717, 1.165) is 43.0 Å². The van der Waals surface area contributed by atoms with Gasteiger partial charge in [-0.1, -0.05) is 18.3 Å². The van der Waals surface area contributed by atoms with Gasteiger partial charge in [0.2, 0.25) is 0 Å². The Bertz CT molecular complexity index is 471. The molecule has 2 N–H and O–H groups in total. The molecule has 110 valence electrons. The quantitative estimate of drug-likeness (QED) is 0.669. The lowest BCUT2D eigenvalue weighted by Gasteiger charge is -2.34. The first kappa shape index (κ1) is 15.6. The first-order valence-corrected chi connectivity index (χ1v) is 8.51. The molecular formula is C15H22N2OS2. The van der Waals surface area contributed by atoms with Gasteiger partial charge in [-0.05, 0) is 37.1 Å². The molecule has 0 aliphatic carbocycles. The van der Waals surface area contributed by atoms with Crippen molar-refractivity contribution in [1.29, 1.82) is 0 Å². The van der Waals surface area contributed by atoms with Crippen LogP contribution in [0.25, 0.3) is 0 Å². The predicted octanol–water partition coefficient (Wildman–Crippen LogP) is 2.91. The van der Waals surface area contributed by atoms with Gasteiger partial charge in [0, 0.05) is 43.0 Å².